The third-order valence-electron chi connectivity index (χ3n) is 3.54. The Kier molecular flexibility index (Phi) is 6.17. The van der Waals surface area contributed by atoms with Crippen molar-refractivity contribution in [3.05, 3.63) is 41.7 Å². The second-order valence-corrected chi connectivity index (χ2v) is 8.38. The van der Waals surface area contributed by atoms with Crippen LogP contribution in [0.25, 0.3) is 5.69 Å². The second kappa shape index (κ2) is 8.04. The van der Waals surface area contributed by atoms with Crippen LogP contribution in [0, 0.1) is 0 Å². The summed E-state index contributed by atoms with van der Waals surface area (Å²) in [6, 6.07) is 7.15. The van der Waals surface area contributed by atoms with Gasteiger partial charge in [0.2, 0.25) is 0 Å². The molecule has 1 aromatic heterocycles. The van der Waals surface area contributed by atoms with Gasteiger partial charge in [-0.15, -0.1) is 0 Å². The maximum Gasteiger partial charge on any atom is 0.342 e. The summed E-state index contributed by atoms with van der Waals surface area (Å²) in [4.78, 5) is 25.1. The molecule has 0 bridgehead atoms. The molecular formula is C21H28N2O5. The van der Waals surface area contributed by atoms with E-state index in [0.29, 0.717) is 17.1 Å². The molecule has 7 heteroatoms. The summed E-state index contributed by atoms with van der Waals surface area (Å²) in [5, 5.41) is 4.31. The maximum atomic E-state index is 12.6. The molecule has 0 aliphatic heterocycles. The molecule has 0 aliphatic rings. The molecule has 0 fully saturated rings. The van der Waals surface area contributed by atoms with Crippen molar-refractivity contribution in [2.45, 2.75) is 59.2 Å². The highest BCUT2D eigenvalue weighted by Gasteiger charge is 2.27. The molecule has 0 amide bonds. The van der Waals surface area contributed by atoms with E-state index < -0.39 is 23.1 Å². The summed E-state index contributed by atoms with van der Waals surface area (Å²) in [5.74, 6) is -0.296. The molecule has 28 heavy (non-hydrogen) atoms. The highest BCUT2D eigenvalue weighted by molar-refractivity contribution is 5.92. The SMILES string of the molecule is COc1ccc(-n2ncc(C(=O)OC(C)(C)C)c2CC(=O)OC(C)(C)C)cc1. The van der Waals surface area contributed by atoms with E-state index in [0.717, 1.165) is 0 Å². The standard InChI is InChI=1S/C21H28N2O5/c1-20(2,3)27-18(24)12-17-16(19(25)28-21(4,5)6)13-22-23(17)14-8-10-15(26-7)11-9-14/h8-11,13H,12H2,1-7H3. The van der Waals surface area contributed by atoms with E-state index in [9.17, 15) is 9.59 Å². The van der Waals surface area contributed by atoms with Crippen molar-refractivity contribution in [3.63, 3.8) is 0 Å². The second-order valence-electron chi connectivity index (χ2n) is 8.38. The van der Waals surface area contributed by atoms with Gasteiger partial charge in [0.15, 0.2) is 0 Å². The monoisotopic (exact) mass is 388 g/mol. The number of methoxy groups -OCH3 is 1. The summed E-state index contributed by atoms with van der Waals surface area (Å²) in [7, 11) is 1.58. The van der Waals surface area contributed by atoms with Gasteiger partial charge in [-0.3, -0.25) is 4.79 Å². The Labute approximate surface area is 165 Å². The predicted octanol–water partition coefficient (Wildman–Crippen LogP) is 3.72. The third kappa shape index (κ3) is 5.84. The van der Waals surface area contributed by atoms with Gasteiger partial charge < -0.3 is 14.2 Å². The largest absolute Gasteiger partial charge is 0.497 e. The van der Waals surface area contributed by atoms with E-state index in [-0.39, 0.29) is 12.0 Å². The van der Waals surface area contributed by atoms with Gasteiger partial charge in [0.25, 0.3) is 0 Å². The third-order valence-corrected chi connectivity index (χ3v) is 3.54. The minimum Gasteiger partial charge on any atom is -0.497 e. The smallest absolute Gasteiger partial charge is 0.342 e. The molecular weight excluding hydrogens is 360 g/mol. The number of carbonyl (C=O) groups is 2. The quantitative estimate of drug-likeness (QED) is 0.727. The summed E-state index contributed by atoms with van der Waals surface area (Å²) in [5.41, 5.74) is 0.0378. The zero-order valence-electron chi connectivity index (χ0n) is 17.5. The molecule has 0 radical (unpaired) electrons. The van der Waals surface area contributed by atoms with Gasteiger partial charge in [-0.05, 0) is 65.8 Å². The zero-order chi connectivity index (χ0) is 21.1. The first kappa shape index (κ1) is 21.5. The van der Waals surface area contributed by atoms with Crippen LogP contribution in [0.1, 0.15) is 57.6 Å². The highest BCUT2D eigenvalue weighted by atomic mass is 16.6. The minimum absolute atomic E-state index is 0.113. The van der Waals surface area contributed by atoms with Crippen molar-refractivity contribution >= 4 is 11.9 Å². The number of hydrogen-bond donors (Lipinski definition) is 0. The minimum atomic E-state index is -0.664. The van der Waals surface area contributed by atoms with Crippen LogP contribution in [0.15, 0.2) is 30.5 Å². The predicted molar refractivity (Wildman–Crippen MR) is 105 cm³/mol. The number of esters is 2. The first-order valence-electron chi connectivity index (χ1n) is 9.06. The van der Waals surface area contributed by atoms with Gasteiger partial charge in [-0.25, -0.2) is 9.48 Å². The van der Waals surface area contributed by atoms with Crippen molar-refractivity contribution in [1.82, 2.24) is 9.78 Å². The van der Waals surface area contributed by atoms with E-state index >= 15 is 0 Å². The molecule has 2 rings (SSSR count). The average molecular weight is 388 g/mol. The van der Waals surface area contributed by atoms with Crippen LogP contribution in [0.5, 0.6) is 5.75 Å². The van der Waals surface area contributed by atoms with Gasteiger partial charge in [0.1, 0.15) is 22.5 Å². The summed E-state index contributed by atoms with van der Waals surface area (Å²) in [6.07, 6.45) is 1.30. The molecule has 1 aromatic carbocycles. The number of aromatic nitrogens is 2. The van der Waals surface area contributed by atoms with Crippen molar-refractivity contribution in [1.29, 1.82) is 0 Å². The summed E-state index contributed by atoms with van der Waals surface area (Å²) < 4.78 is 17.6. The molecule has 0 saturated carbocycles. The maximum absolute atomic E-state index is 12.6. The molecule has 152 valence electrons. The Bertz CT molecular complexity index is 839. The van der Waals surface area contributed by atoms with Gasteiger partial charge in [-0.1, -0.05) is 0 Å². The van der Waals surface area contributed by atoms with E-state index in [4.69, 9.17) is 14.2 Å². The van der Waals surface area contributed by atoms with Crippen molar-refractivity contribution in [2.75, 3.05) is 7.11 Å². The lowest BCUT2D eigenvalue weighted by Crippen LogP contribution is -2.27. The fourth-order valence-electron chi connectivity index (χ4n) is 2.51. The Hall–Kier alpha value is -2.83. The van der Waals surface area contributed by atoms with Crippen LogP contribution in [0.4, 0.5) is 0 Å². The Morgan fingerprint density at radius 2 is 1.54 bits per heavy atom. The normalized spacial score (nSPS) is 11.8. The van der Waals surface area contributed by atoms with Gasteiger partial charge in [0, 0.05) is 0 Å². The lowest BCUT2D eigenvalue weighted by atomic mass is 10.1. The molecule has 7 nitrogen and oxygen atoms in total. The molecule has 0 aliphatic carbocycles. The van der Waals surface area contributed by atoms with Crippen LogP contribution in [0.2, 0.25) is 0 Å². The molecule has 0 spiro atoms. The van der Waals surface area contributed by atoms with Gasteiger partial charge in [-0.2, -0.15) is 5.10 Å². The summed E-state index contributed by atoms with van der Waals surface area (Å²) in [6.45, 7) is 10.7. The van der Waals surface area contributed by atoms with Crippen molar-refractivity contribution in [2.24, 2.45) is 0 Å². The highest BCUT2D eigenvalue weighted by Crippen LogP contribution is 2.22. The lowest BCUT2D eigenvalue weighted by Gasteiger charge is -2.21. The molecule has 0 saturated heterocycles. The van der Waals surface area contributed by atoms with Crippen molar-refractivity contribution < 1.29 is 23.8 Å². The summed E-state index contributed by atoms with van der Waals surface area (Å²) >= 11 is 0. The van der Waals surface area contributed by atoms with Crippen LogP contribution in [-0.4, -0.2) is 40.0 Å². The van der Waals surface area contributed by atoms with Crippen LogP contribution >= 0.6 is 0 Å². The fraction of sp³-hybridized carbons (Fsp3) is 0.476. The molecule has 0 atom stereocenters. The molecule has 2 aromatic rings. The van der Waals surface area contributed by atoms with E-state index in [1.807, 2.05) is 0 Å². The fourth-order valence-corrected chi connectivity index (χ4v) is 2.51. The number of benzene rings is 1. The number of nitrogens with zero attached hydrogens (tertiary/aromatic N) is 2. The molecule has 0 N–H and O–H groups in total. The Balaban J connectivity index is 2.44. The van der Waals surface area contributed by atoms with Crippen LogP contribution < -0.4 is 4.74 Å². The zero-order valence-corrected chi connectivity index (χ0v) is 17.5. The van der Waals surface area contributed by atoms with Crippen LogP contribution in [0.3, 0.4) is 0 Å². The lowest BCUT2D eigenvalue weighted by molar-refractivity contribution is -0.154. The number of rotatable bonds is 5. The number of carbonyl (C=O) groups excluding carboxylic acids is 2. The van der Waals surface area contributed by atoms with E-state index in [2.05, 4.69) is 5.10 Å². The number of ether oxygens (including phenoxy) is 3. The molecule has 0 unspecified atom stereocenters. The Morgan fingerprint density at radius 1 is 0.964 bits per heavy atom. The average Bonchev–Trinajstić information content (AvgIpc) is 2.95. The Morgan fingerprint density at radius 3 is 2.04 bits per heavy atom. The first-order chi connectivity index (χ1) is 12.9. The van der Waals surface area contributed by atoms with E-state index in [1.54, 1.807) is 77.6 Å². The van der Waals surface area contributed by atoms with Gasteiger partial charge >= 0.3 is 11.9 Å². The van der Waals surface area contributed by atoms with E-state index in [1.165, 1.54) is 6.20 Å². The number of hydrogen-bond acceptors (Lipinski definition) is 6. The molecule has 1 heterocycles. The van der Waals surface area contributed by atoms with Crippen LogP contribution in [-0.2, 0) is 20.7 Å². The van der Waals surface area contributed by atoms with Gasteiger partial charge in [0.05, 0.1) is 31.1 Å². The first-order valence-corrected chi connectivity index (χ1v) is 9.06. The van der Waals surface area contributed by atoms with Crippen molar-refractivity contribution in [3.8, 4) is 11.4 Å². The topological polar surface area (TPSA) is 79.7 Å².